The van der Waals surface area contributed by atoms with Gasteiger partial charge in [0.15, 0.2) is 12.0 Å². The zero-order valence-corrected chi connectivity index (χ0v) is 20.8. The van der Waals surface area contributed by atoms with E-state index in [-0.39, 0.29) is 18.3 Å². The van der Waals surface area contributed by atoms with Crippen molar-refractivity contribution in [2.45, 2.75) is 57.2 Å². The number of aliphatic carboxylic acids is 1. The minimum Gasteiger partial charge on any atom is -0.480 e. The first kappa shape index (κ1) is 29.0. The maximum atomic E-state index is 12.2. The Kier molecular flexibility index (Phi) is 11.1. The van der Waals surface area contributed by atoms with E-state index in [2.05, 4.69) is 15.6 Å². The molecule has 0 aromatic heterocycles. The number of aliphatic imine (C=N–C) groups is 1. The molecule has 9 N–H and O–H groups in total. The van der Waals surface area contributed by atoms with Gasteiger partial charge in [-0.3, -0.25) is 19.8 Å². The highest BCUT2D eigenvalue weighted by Crippen LogP contribution is 2.31. The van der Waals surface area contributed by atoms with E-state index in [0.29, 0.717) is 55.3 Å². The second-order valence-corrected chi connectivity index (χ2v) is 9.60. The van der Waals surface area contributed by atoms with Crippen molar-refractivity contribution in [3.63, 3.8) is 0 Å². The fraction of sp³-hybridized carbons (Fsp3) is 0.545. The van der Waals surface area contributed by atoms with Gasteiger partial charge >= 0.3 is 5.97 Å². The number of rotatable bonds is 12. The number of nitrogens with one attached hydrogen (secondary N) is 3. The maximum absolute atomic E-state index is 12.2. The molecule has 0 bridgehead atoms. The van der Waals surface area contributed by atoms with E-state index < -0.39 is 36.0 Å². The molecule has 2 rings (SSSR count). The van der Waals surface area contributed by atoms with Crippen LogP contribution >= 0.6 is 11.8 Å². The number of allylic oxidation sites excluding steroid dienone is 1. The van der Waals surface area contributed by atoms with Crippen molar-refractivity contribution in [1.29, 1.82) is 5.41 Å². The van der Waals surface area contributed by atoms with Crippen LogP contribution in [0.4, 0.5) is 0 Å². The maximum Gasteiger partial charge on any atom is 0.329 e. The zero-order valence-electron chi connectivity index (χ0n) is 20.0. The van der Waals surface area contributed by atoms with E-state index in [4.69, 9.17) is 16.9 Å². The van der Waals surface area contributed by atoms with Gasteiger partial charge in [0.05, 0.1) is 11.1 Å². The van der Waals surface area contributed by atoms with Crippen LogP contribution in [0.25, 0.3) is 0 Å². The molecule has 0 aliphatic carbocycles. The first-order valence-corrected chi connectivity index (χ1v) is 12.3. The molecular formula is C22H33N7O6S. The number of nitrogens with zero attached hydrogens (tertiary/aromatic N) is 2. The molecule has 0 radical (unpaired) electrons. The second-order valence-electron chi connectivity index (χ2n) is 8.45. The summed E-state index contributed by atoms with van der Waals surface area (Å²) in [4.78, 5) is 52.9. The Morgan fingerprint density at radius 2 is 2.00 bits per heavy atom. The molecule has 0 saturated carbocycles. The van der Waals surface area contributed by atoms with Crippen molar-refractivity contribution < 1.29 is 29.4 Å². The van der Waals surface area contributed by atoms with Gasteiger partial charge in [-0.2, -0.15) is 0 Å². The van der Waals surface area contributed by atoms with E-state index in [9.17, 15) is 29.4 Å². The van der Waals surface area contributed by atoms with Gasteiger partial charge in [0.25, 0.3) is 0 Å². The molecular weight excluding hydrogens is 490 g/mol. The molecule has 0 fully saturated rings. The number of amides is 3. The summed E-state index contributed by atoms with van der Waals surface area (Å²) in [6.07, 6.45) is 3.52. The van der Waals surface area contributed by atoms with Crippen molar-refractivity contribution >= 4 is 46.5 Å². The number of unbranched alkanes of at least 4 members (excludes halogenated alkanes) is 1. The van der Waals surface area contributed by atoms with Crippen LogP contribution < -0.4 is 22.1 Å². The van der Waals surface area contributed by atoms with Crippen molar-refractivity contribution in [2.75, 3.05) is 19.6 Å². The molecule has 0 aromatic carbocycles. The van der Waals surface area contributed by atoms with Crippen LogP contribution in [0, 0.1) is 5.41 Å². The highest BCUT2D eigenvalue weighted by molar-refractivity contribution is 8.17. The lowest BCUT2D eigenvalue weighted by Crippen LogP contribution is -2.49. The highest BCUT2D eigenvalue weighted by Gasteiger charge is 2.33. The number of carbonyl (C=O) groups excluding carboxylic acids is 3. The number of nitrogens with two attached hydrogens (primary N) is 2. The molecule has 0 saturated heterocycles. The average molecular weight is 524 g/mol. The number of guanidine groups is 1. The monoisotopic (exact) mass is 523 g/mol. The minimum absolute atomic E-state index is 0.00935. The molecule has 3 atom stereocenters. The molecule has 0 aromatic rings. The quantitative estimate of drug-likeness (QED) is 0.0716. The van der Waals surface area contributed by atoms with Gasteiger partial charge in [0, 0.05) is 44.3 Å². The summed E-state index contributed by atoms with van der Waals surface area (Å²) in [6, 6.07) is -2.29. The Morgan fingerprint density at radius 3 is 2.61 bits per heavy atom. The number of carbonyl (C=O) groups is 4. The van der Waals surface area contributed by atoms with E-state index >= 15 is 0 Å². The van der Waals surface area contributed by atoms with Crippen LogP contribution in [0.15, 0.2) is 27.6 Å². The summed E-state index contributed by atoms with van der Waals surface area (Å²) >= 11 is 1.01. The molecule has 2 aliphatic heterocycles. The molecule has 0 spiro atoms. The predicted molar refractivity (Wildman–Crippen MR) is 135 cm³/mol. The van der Waals surface area contributed by atoms with Crippen LogP contribution in [-0.4, -0.2) is 87.6 Å². The molecule has 3 amide bonds. The van der Waals surface area contributed by atoms with Gasteiger partial charge in [-0.25, -0.2) is 9.79 Å². The third-order valence-electron chi connectivity index (χ3n) is 5.47. The standard InChI is InChI=1S/C22H33N7O6S/c1-12(30)27-17-6-5-15(36-17)19(32)18(21(34)35)28-16(31)4-2-3-8-26-20(33)14(23)10-13-7-9-29(11-13)22(24)25/h5,7,14,18-19,32H,2-4,6,8-11,23H2,1H3,(H3,24,25)(H,26,33)(H,28,31)(H,34,35)/b27-17-. The third-order valence-corrected chi connectivity index (χ3v) is 6.61. The Bertz CT molecular complexity index is 980. The second kappa shape index (κ2) is 13.8. The van der Waals surface area contributed by atoms with Crippen molar-refractivity contribution in [3.05, 3.63) is 22.6 Å². The van der Waals surface area contributed by atoms with E-state index in [1.807, 2.05) is 6.08 Å². The largest absolute Gasteiger partial charge is 0.480 e. The summed E-state index contributed by atoms with van der Waals surface area (Å²) in [5.74, 6) is -2.69. The first-order valence-electron chi connectivity index (χ1n) is 11.4. The van der Waals surface area contributed by atoms with Crippen molar-refractivity contribution in [2.24, 2.45) is 16.5 Å². The van der Waals surface area contributed by atoms with Crippen molar-refractivity contribution in [3.8, 4) is 0 Å². The van der Waals surface area contributed by atoms with Gasteiger partial charge in [0.1, 0.15) is 6.10 Å². The molecule has 36 heavy (non-hydrogen) atoms. The van der Waals surface area contributed by atoms with Crippen LogP contribution in [0.1, 0.15) is 39.0 Å². The lowest BCUT2D eigenvalue weighted by molar-refractivity contribution is -0.144. The van der Waals surface area contributed by atoms with Gasteiger partial charge in [-0.1, -0.05) is 29.5 Å². The lowest BCUT2D eigenvalue weighted by atomic mass is 10.1. The Hall–Kier alpha value is -3.23. The molecule has 14 heteroatoms. The molecule has 13 nitrogen and oxygen atoms in total. The van der Waals surface area contributed by atoms with Crippen LogP contribution in [-0.2, 0) is 19.2 Å². The highest BCUT2D eigenvalue weighted by atomic mass is 32.2. The summed E-state index contributed by atoms with van der Waals surface area (Å²) < 4.78 is 0. The Labute approximate surface area is 212 Å². The number of aliphatic hydroxyl groups is 1. The lowest BCUT2D eigenvalue weighted by Gasteiger charge is -2.21. The molecule has 3 unspecified atom stereocenters. The summed E-state index contributed by atoms with van der Waals surface area (Å²) in [5, 5.41) is 32.8. The fourth-order valence-electron chi connectivity index (χ4n) is 3.59. The predicted octanol–water partition coefficient (Wildman–Crippen LogP) is -0.978. The normalized spacial score (nSPS) is 18.8. The van der Waals surface area contributed by atoms with E-state index in [0.717, 1.165) is 17.3 Å². The number of aliphatic hydroxyl groups excluding tert-OH is 1. The number of thioether (sulfide) groups is 1. The van der Waals surface area contributed by atoms with Gasteiger partial charge in [-0.15, -0.1) is 0 Å². The molecule has 2 heterocycles. The van der Waals surface area contributed by atoms with Gasteiger partial charge in [-0.05, 0) is 19.3 Å². The van der Waals surface area contributed by atoms with Crippen molar-refractivity contribution in [1.82, 2.24) is 15.5 Å². The Morgan fingerprint density at radius 1 is 1.28 bits per heavy atom. The molecule has 2 aliphatic rings. The van der Waals surface area contributed by atoms with Crippen LogP contribution in [0.3, 0.4) is 0 Å². The van der Waals surface area contributed by atoms with E-state index in [1.165, 1.54) is 6.92 Å². The van der Waals surface area contributed by atoms with E-state index in [1.54, 1.807) is 11.0 Å². The minimum atomic E-state index is -1.55. The van der Waals surface area contributed by atoms with Gasteiger partial charge in [0.2, 0.25) is 17.7 Å². The fourth-order valence-corrected chi connectivity index (χ4v) is 4.63. The Balaban J connectivity index is 1.68. The average Bonchev–Trinajstić information content (AvgIpc) is 3.46. The van der Waals surface area contributed by atoms with Gasteiger partial charge < -0.3 is 37.2 Å². The SMILES string of the molecule is CC(=O)/N=C1/CC=C(C(O)C(NC(=O)CCCCNC(=O)C(N)CC2=CCN(C(=N)N)C2)C(=O)O)S1. The first-order chi connectivity index (χ1) is 17.0. The number of carboxylic acid groups (broad SMARTS) is 1. The zero-order chi connectivity index (χ0) is 26.8. The van der Waals surface area contributed by atoms with Crippen LogP contribution in [0.5, 0.6) is 0 Å². The summed E-state index contributed by atoms with van der Waals surface area (Å²) in [7, 11) is 0. The summed E-state index contributed by atoms with van der Waals surface area (Å²) in [6.45, 7) is 2.58. The topological polar surface area (TPSA) is 224 Å². The number of hydrogen-bond donors (Lipinski definition) is 7. The molecule has 198 valence electrons. The van der Waals surface area contributed by atoms with Crippen LogP contribution in [0.2, 0.25) is 0 Å². The number of carboxylic acids is 1. The number of hydrogen-bond acceptors (Lipinski definition) is 8. The smallest absolute Gasteiger partial charge is 0.329 e. The third kappa shape index (κ3) is 9.09. The summed E-state index contributed by atoms with van der Waals surface area (Å²) in [5.41, 5.74) is 12.3.